The van der Waals surface area contributed by atoms with Crippen molar-refractivity contribution in [2.45, 2.75) is 33.1 Å². The highest BCUT2D eigenvalue weighted by Gasteiger charge is 2.23. The molecule has 0 unspecified atom stereocenters. The molecule has 1 aliphatic heterocycles. The number of carbonyl (C=O) groups excluding carboxylic acids is 3. The zero-order valence-corrected chi connectivity index (χ0v) is 23.0. The number of rotatable bonds is 6. The van der Waals surface area contributed by atoms with Gasteiger partial charge < -0.3 is 25.2 Å². The molecule has 1 saturated heterocycles. The fourth-order valence-electron chi connectivity index (χ4n) is 4.42. The molecule has 0 bridgehead atoms. The molecule has 3 aromatic rings. The molecule has 8 heteroatoms. The van der Waals surface area contributed by atoms with Crippen molar-refractivity contribution >= 4 is 35.0 Å². The number of ether oxygens (including phenoxy) is 1. The molecular weight excluding hydrogens is 492 g/mol. The Morgan fingerprint density at radius 2 is 1.26 bits per heavy atom. The number of piperazine rings is 1. The Morgan fingerprint density at radius 1 is 0.744 bits per heavy atom. The number of anilines is 3. The van der Waals surface area contributed by atoms with Gasteiger partial charge in [0.15, 0.2) is 0 Å². The Morgan fingerprint density at radius 3 is 1.77 bits per heavy atom. The first-order chi connectivity index (χ1) is 18.6. The topological polar surface area (TPSA) is 91.0 Å². The summed E-state index contributed by atoms with van der Waals surface area (Å²) in [5, 5.41) is 5.57. The largest absolute Gasteiger partial charge is 0.462 e. The maximum absolute atomic E-state index is 13.0. The number of nitrogens with one attached hydrogen (secondary N) is 2. The van der Waals surface area contributed by atoms with Crippen LogP contribution in [0.1, 0.15) is 54.0 Å². The highest BCUT2D eigenvalue weighted by Crippen LogP contribution is 2.24. The first kappa shape index (κ1) is 27.7. The number of hydrogen-bond donors (Lipinski definition) is 2. The summed E-state index contributed by atoms with van der Waals surface area (Å²) in [5.74, 6) is -0.330. The monoisotopic (exact) mass is 528 g/mol. The Labute approximate surface area is 230 Å². The van der Waals surface area contributed by atoms with Crippen LogP contribution in [0, 0.1) is 0 Å². The molecule has 0 radical (unpaired) electrons. The summed E-state index contributed by atoms with van der Waals surface area (Å²) >= 11 is 0. The Bertz CT molecular complexity index is 1290. The Hall–Kier alpha value is -4.33. The second-order valence-corrected chi connectivity index (χ2v) is 10.5. The normalized spacial score (nSPS) is 13.5. The van der Waals surface area contributed by atoms with Crippen molar-refractivity contribution in [3.63, 3.8) is 0 Å². The molecule has 0 aliphatic carbocycles. The zero-order chi connectivity index (χ0) is 28.0. The van der Waals surface area contributed by atoms with Gasteiger partial charge in [0.05, 0.1) is 12.2 Å². The molecular formula is C31H36N4O4. The molecule has 4 rings (SSSR count). The number of benzene rings is 3. The fraction of sp³-hybridized carbons (Fsp3) is 0.323. The lowest BCUT2D eigenvalue weighted by Gasteiger charge is -2.36. The SMILES string of the molecule is CCOC(=O)c1ccc(NC(=O)Nc2ccc(N3CCN(C(=O)c4ccc(C(C)(C)C)cc4)CC3)cc2)cc1. The van der Waals surface area contributed by atoms with E-state index in [-0.39, 0.29) is 17.4 Å². The molecule has 2 N–H and O–H groups in total. The first-order valence-corrected chi connectivity index (χ1v) is 13.2. The third-order valence-corrected chi connectivity index (χ3v) is 6.71. The van der Waals surface area contributed by atoms with Crippen LogP contribution >= 0.6 is 0 Å². The van der Waals surface area contributed by atoms with E-state index >= 15 is 0 Å². The average Bonchev–Trinajstić information content (AvgIpc) is 2.93. The van der Waals surface area contributed by atoms with E-state index in [9.17, 15) is 14.4 Å². The van der Waals surface area contributed by atoms with Crippen LogP contribution in [0.25, 0.3) is 0 Å². The van der Waals surface area contributed by atoms with E-state index < -0.39 is 5.97 Å². The van der Waals surface area contributed by atoms with E-state index in [4.69, 9.17) is 4.74 Å². The van der Waals surface area contributed by atoms with Crippen LogP contribution in [0.15, 0.2) is 72.8 Å². The second-order valence-electron chi connectivity index (χ2n) is 10.5. The molecule has 1 heterocycles. The highest BCUT2D eigenvalue weighted by molar-refractivity contribution is 6.00. The molecule has 0 saturated carbocycles. The zero-order valence-electron chi connectivity index (χ0n) is 23.0. The molecule has 3 aromatic carbocycles. The third-order valence-electron chi connectivity index (χ3n) is 6.71. The fourth-order valence-corrected chi connectivity index (χ4v) is 4.42. The van der Waals surface area contributed by atoms with Crippen molar-refractivity contribution in [1.29, 1.82) is 0 Å². The van der Waals surface area contributed by atoms with E-state index in [1.165, 1.54) is 5.56 Å². The van der Waals surface area contributed by atoms with Crippen molar-refractivity contribution < 1.29 is 19.1 Å². The predicted molar refractivity (Wildman–Crippen MR) is 155 cm³/mol. The van der Waals surface area contributed by atoms with Gasteiger partial charge in [0.2, 0.25) is 0 Å². The lowest BCUT2D eigenvalue weighted by Crippen LogP contribution is -2.48. The lowest BCUT2D eigenvalue weighted by atomic mass is 9.86. The van der Waals surface area contributed by atoms with Gasteiger partial charge in [0.25, 0.3) is 5.91 Å². The second kappa shape index (κ2) is 12.0. The van der Waals surface area contributed by atoms with Crippen LogP contribution in [0.2, 0.25) is 0 Å². The number of carbonyl (C=O) groups is 3. The molecule has 39 heavy (non-hydrogen) atoms. The van der Waals surface area contributed by atoms with Crippen molar-refractivity contribution in [2.24, 2.45) is 0 Å². The van der Waals surface area contributed by atoms with Crippen LogP contribution in [0.5, 0.6) is 0 Å². The van der Waals surface area contributed by atoms with Gasteiger partial charge in [-0.1, -0.05) is 32.9 Å². The van der Waals surface area contributed by atoms with E-state index in [1.54, 1.807) is 31.2 Å². The van der Waals surface area contributed by atoms with Gasteiger partial charge in [-0.25, -0.2) is 9.59 Å². The molecule has 3 amide bonds. The number of nitrogens with zero attached hydrogens (tertiary/aromatic N) is 2. The summed E-state index contributed by atoms with van der Waals surface area (Å²) in [6.07, 6.45) is 0. The van der Waals surface area contributed by atoms with Crippen molar-refractivity contribution in [1.82, 2.24) is 4.90 Å². The van der Waals surface area contributed by atoms with Gasteiger partial charge >= 0.3 is 12.0 Å². The quantitative estimate of drug-likeness (QED) is 0.397. The standard InChI is InChI=1S/C31H36N4O4/c1-5-39-29(37)23-8-12-25(13-9-23)32-30(38)33-26-14-16-27(17-15-26)34-18-20-35(21-19-34)28(36)22-6-10-24(11-7-22)31(2,3)4/h6-17H,5,18-21H2,1-4H3,(H2,32,33,38). The maximum atomic E-state index is 13.0. The van der Waals surface area contributed by atoms with Crippen LogP contribution in [0.3, 0.4) is 0 Å². The smallest absolute Gasteiger partial charge is 0.338 e. The summed E-state index contributed by atoms with van der Waals surface area (Å²) in [4.78, 5) is 41.3. The van der Waals surface area contributed by atoms with Crippen LogP contribution in [-0.2, 0) is 10.2 Å². The summed E-state index contributed by atoms with van der Waals surface area (Å²) in [5.41, 5.74) is 4.68. The van der Waals surface area contributed by atoms with E-state index in [0.717, 1.165) is 24.3 Å². The molecule has 0 spiro atoms. The molecule has 204 valence electrons. The predicted octanol–water partition coefficient (Wildman–Crippen LogP) is 5.77. The third kappa shape index (κ3) is 7.16. The Balaban J connectivity index is 1.26. The van der Waals surface area contributed by atoms with Gasteiger partial charge in [-0.3, -0.25) is 4.79 Å². The van der Waals surface area contributed by atoms with Gasteiger partial charge in [-0.2, -0.15) is 0 Å². The summed E-state index contributed by atoms with van der Waals surface area (Å²) in [7, 11) is 0. The Kier molecular flexibility index (Phi) is 8.54. The van der Waals surface area contributed by atoms with E-state index in [1.807, 2.05) is 53.4 Å². The number of amides is 3. The van der Waals surface area contributed by atoms with Crippen molar-refractivity contribution in [3.05, 3.63) is 89.5 Å². The van der Waals surface area contributed by atoms with Crippen LogP contribution in [0.4, 0.5) is 21.9 Å². The minimum absolute atomic E-state index is 0.0565. The van der Waals surface area contributed by atoms with Gasteiger partial charge in [0.1, 0.15) is 0 Å². The minimum atomic E-state index is -0.396. The first-order valence-electron chi connectivity index (χ1n) is 13.2. The van der Waals surface area contributed by atoms with Crippen molar-refractivity contribution in [3.8, 4) is 0 Å². The van der Waals surface area contributed by atoms with Crippen LogP contribution < -0.4 is 15.5 Å². The van der Waals surface area contributed by atoms with Crippen LogP contribution in [-0.4, -0.2) is 55.6 Å². The van der Waals surface area contributed by atoms with E-state index in [0.29, 0.717) is 36.6 Å². The number of esters is 1. The summed E-state index contributed by atoms with van der Waals surface area (Å²) in [6.45, 7) is 11.3. The lowest BCUT2D eigenvalue weighted by molar-refractivity contribution is 0.0526. The molecule has 1 aliphatic rings. The van der Waals surface area contributed by atoms with Gasteiger partial charge in [-0.05, 0) is 78.6 Å². The summed E-state index contributed by atoms with van der Waals surface area (Å²) < 4.78 is 4.97. The molecule has 0 atom stereocenters. The molecule has 8 nitrogen and oxygen atoms in total. The van der Waals surface area contributed by atoms with Crippen molar-refractivity contribution in [2.75, 3.05) is 48.3 Å². The number of hydrogen-bond acceptors (Lipinski definition) is 5. The molecule has 0 aromatic heterocycles. The number of urea groups is 1. The van der Waals surface area contributed by atoms with E-state index in [2.05, 4.69) is 36.3 Å². The highest BCUT2D eigenvalue weighted by atomic mass is 16.5. The van der Waals surface area contributed by atoms with Gasteiger partial charge in [-0.15, -0.1) is 0 Å². The maximum Gasteiger partial charge on any atom is 0.338 e. The molecule has 1 fully saturated rings. The average molecular weight is 529 g/mol. The minimum Gasteiger partial charge on any atom is -0.462 e. The van der Waals surface area contributed by atoms with Gasteiger partial charge in [0, 0.05) is 48.8 Å². The summed E-state index contributed by atoms with van der Waals surface area (Å²) in [6, 6.07) is 21.7.